The molecule has 32 heavy (non-hydrogen) atoms. The molecule has 0 aromatic heterocycles. The van der Waals surface area contributed by atoms with E-state index in [1.54, 1.807) is 24.3 Å². The number of benzene rings is 3. The molecule has 1 aliphatic heterocycles. The Bertz CT molecular complexity index is 921. The number of carbonyl (C=O) groups is 1. The molecule has 0 amide bonds. The molecule has 0 aliphatic carbocycles. The maximum atomic E-state index is 12.9. The van der Waals surface area contributed by atoms with Crippen LogP contribution in [0.1, 0.15) is 34.5 Å². The van der Waals surface area contributed by atoms with Gasteiger partial charge in [0.25, 0.3) is 0 Å². The van der Waals surface area contributed by atoms with Gasteiger partial charge in [-0.3, -0.25) is 14.6 Å². The highest BCUT2D eigenvalue weighted by Crippen LogP contribution is 2.29. The molecule has 4 nitrogen and oxygen atoms in total. The van der Waals surface area contributed by atoms with Gasteiger partial charge in [-0.25, -0.2) is 0 Å². The van der Waals surface area contributed by atoms with Crippen molar-refractivity contribution >= 4 is 30.6 Å². The van der Waals surface area contributed by atoms with E-state index < -0.39 is 0 Å². The lowest BCUT2D eigenvalue weighted by molar-refractivity contribution is 0.0640. The Labute approximate surface area is 202 Å². The molecule has 4 rings (SSSR count). The fraction of sp³-hybridized carbons (Fsp3) is 0.269. The predicted octanol–water partition coefficient (Wildman–Crippen LogP) is 5.21. The van der Waals surface area contributed by atoms with Crippen LogP contribution in [0.5, 0.6) is 5.75 Å². The third-order valence-corrected chi connectivity index (χ3v) is 6.02. The van der Waals surface area contributed by atoms with Gasteiger partial charge >= 0.3 is 0 Å². The largest absolute Gasteiger partial charge is 0.508 e. The summed E-state index contributed by atoms with van der Waals surface area (Å²) in [5.74, 6) is 0.284. The van der Waals surface area contributed by atoms with Crippen LogP contribution in [-0.4, -0.2) is 52.9 Å². The van der Waals surface area contributed by atoms with E-state index in [-0.39, 0.29) is 48.4 Å². The number of rotatable bonds is 6. The van der Waals surface area contributed by atoms with Gasteiger partial charge in [-0.15, -0.1) is 24.8 Å². The number of piperazine rings is 1. The van der Waals surface area contributed by atoms with Crippen LogP contribution < -0.4 is 0 Å². The molecule has 3 aromatic carbocycles. The third-order valence-electron chi connectivity index (χ3n) is 6.02. The molecule has 170 valence electrons. The molecule has 3 aromatic rings. The van der Waals surface area contributed by atoms with Crippen molar-refractivity contribution in [2.24, 2.45) is 0 Å². The summed E-state index contributed by atoms with van der Waals surface area (Å²) in [6, 6.07) is 27.9. The van der Waals surface area contributed by atoms with Crippen LogP contribution in [0.3, 0.4) is 0 Å². The molecule has 0 saturated carbocycles. The first-order valence-corrected chi connectivity index (χ1v) is 10.5. The number of carbonyl (C=O) groups excluding carboxylic acids is 1. The third kappa shape index (κ3) is 5.90. The Morgan fingerprint density at radius 1 is 0.719 bits per heavy atom. The second kappa shape index (κ2) is 12.0. The number of ketones is 1. The van der Waals surface area contributed by atoms with Crippen LogP contribution in [0.4, 0.5) is 0 Å². The van der Waals surface area contributed by atoms with E-state index in [4.69, 9.17) is 0 Å². The molecule has 1 aliphatic rings. The standard InChI is InChI=1S/C26H28N2O2.2ClH/c1-20(26(30)23-12-14-24(29)15-13-23)27-16-18-28(19-17-27)25(21-8-4-2-5-9-21)22-10-6-3-7-11-22;;/h2-15,20,25,29H,16-19H2,1H3;2*1H. The quantitative estimate of drug-likeness (QED) is 0.499. The molecule has 1 atom stereocenters. The van der Waals surface area contributed by atoms with Gasteiger partial charge in [0.2, 0.25) is 0 Å². The normalized spacial score (nSPS) is 15.4. The van der Waals surface area contributed by atoms with Crippen molar-refractivity contribution in [3.8, 4) is 5.75 Å². The van der Waals surface area contributed by atoms with Gasteiger partial charge in [0.15, 0.2) is 5.78 Å². The van der Waals surface area contributed by atoms with Crippen LogP contribution >= 0.6 is 24.8 Å². The summed E-state index contributed by atoms with van der Waals surface area (Å²) in [5, 5.41) is 9.47. The number of phenols is 1. The molecular formula is C26H30Cl2N2O2. The second-order valence-corrected chi connectivity index (χ2v) is 7.88. The number of Topliss-reactive ketones (excluding diaryl/α,β-unsaturated/α-hetero) is 1. The van der Waals surface area contributed by atoms with Gasteiger partial charge in [0, 0.05) is 31.7 Å². The molecule has 6 heteroatoms. The molecule has 1 N–H and O–H groups in total. The average Bonchev–Trinajstić information content (AvgIpc) is 2.81. The van der Waals surface area contributed by atoms with Crippen molar-refractivity contribution in [1.29, 1.82) is 0 Å². The van der Waals surface area contributed by atoms with E-state index in [0.29, 0.717) is 5.56 Å². The minimum absolute atomic E-state index is 0. The van der Waals surface area contributed by atoms with Gasteiger partial charge in [-0.2, -0.15) is 0 Å². The summed E-state index contributed by atoms with van der Waals surface area (Å²) in [4.78, 5) is 17.7. The summed E-state index contributed by atoms with van der Waals surface area (Å²) in [7, 11) is 0. The zero-order valence-electron chi connectivity index (χ0n) is 18.1. The SMILES string of the molecule is CC(C(=O)c1ccc(O)cc1)N1CCN(C(c2ccccc2)c2ccccc2)CC1.Cl.Cl. The van der Waals surface area contributed by atoms with E-state index in [1.165, 1.54) is 11.1 Å². The van der Waals surface area contributed by atoms with Crippen molar-refractivity contribution in [2.45, 2.75) is 19.0 Å². The number of halogens is 2. The van der Waals surface area contributed by atoms with Crippen molar-refractivity contribution in [1.82, 2.24) is 9.80 Å². The Hall–Kier alpha value is -2.37. The zero-order valence-corrected chi connectivity index (χ0v) is 19.8. The van der Waals surface area contributed by atoms with E-state index in [9.17, 15) is 9.90 Å². The molecular weight excluding hydrogens is 443 g/mol. The minimum Gasteiger partial charge on any atom is -0.508 e. The van der Waals surface area contributed by atoms with Gasteiger partial charge in [0.05, 0.1) is 12.1 Å². The maximum Gasteiger partial charge on any atom is 0.179 e. The Morgan fingerprint density at radius 3 is 1.62 bits per heavy atom. The number of hydrogen-bond acceptors (Lipinski definition) is 4. The minimum atomic E-state index is -0.177. The predicted molar refractivity (Wildman–Crippen MR) is 134 cm³/mol. The smallest absolute Gasteiger partial charge is 0.179 e. The van der Waals surface area contributed by atoms with E-state index >= 15 is 0 Å². The van der Waals surface area contributed by atoms with Crippen molar-refractivity contribution in [2.75, 3.05) is 26.2 Å². The molecule has 0 radical (unpaired) electrons. The highest BCUT2D eigenvalue weighted by atomic mass is 35.5. The first-order chi connectivity index (χ1) is 14.6. The number of aromatic hydroxyl groups is 1. The van der Waals surface area contributed by atoms with Crippen LogP contribution in [0.15, 0.2) is 84.9 Å². The van der Waals surface area contributed by atoms with E-state index in [0.717, 1.165) is 26.2 Å². The van der Waals surface area contributed by atoms with E-state index in [1.807, 2.05) is 6.92 Å². The first kappa shape index (κ1) is 25.9. The van der Waals surface area contributed by atoms with Gasteiger partial charge in [0.1, 0.15) is 5.75 Å². The summed E-state index contributed by atoms with van der Waals surface area (Å²) >= 11 is 0. The van der Waals surface area contributed by atoms with Crippen LogP contribution in [0.2, 0.25) is 0 Å². The lowest BCUT2D eigenvalue weighted by Crippen LogP contribution is -2.52. The van der Waals surface area contributed by atoms with Crippen molar-refractivity contribution < 1.29 is 9.90 Å². The molecule has 1 saturated heterocycles. The van der Waals surface area contributed by atoms with Crippen molar-refractivity contribution in [3.05, 3.63) is 102 Å². The van der Waals surface area contributed by atoms with Crippen molar-refractivity contribution in [3.63, 3.8) is 0 Å². The van der Waals surface area contributed by atoms with Gasteiger partial charge in [-0.05, 0) is 42.3 Å². The number of phenolic OH excluding ortho intramolecular Hbond substituents is 1. The highest BCUT2D eigenvalue weighted by Gasteiger charge is 2.30. The van der Waals surface area contributed by atoms with Crippen LogP contribution in [-0.2, 0) is 0 Å². The van der Waals surface area contributed by atoms with Crippen LogP contribution in [0.25, 0.3) is 0 Å². The molecule has 1 heterocycles. The lowest BCUT2D eigenvalue weighted by Gasteiger charge is -2.41. The Balaban J connectivity index is 0.00000181. The first-order valence-electron chi connectivity index (χ1n) is 10.5. The lowest BCUT2D eigenvalue weighted by atomic mass is 9.96. The molecule has 0 spiro atoms. The summed E-state index contributed by atoms with van der Waals surface area (Å²) in [6.45, 7) is 5.49. The summed E-state index contributed by atoms with van der Waals surface area (Å²) in [5.41, 5.74) is 3.24. The summed E-state index contributed by atoms with van der Waals surface area (Å²) in [6.07, 6.45) is 0. The topological polar surface area (TPSA) is 43.8 Å². The second-order valence-electron chi connectivity index (χ2n) is 7.88. The highest BCUT2D eigenvalue weighted by molar-refractivity contribution is 5.99. The maximum absolute atomic E-state index is 12.9. The molecule has 0 bridgehead atoms. The number of nitrogens with zero attached hydrogens (tertiary/aromatic N) is 2. The fourth-order valence-corrected chi connectivity index (χ4v) is 4.30. The van der Waals surface area contributed by atoms with E-state index in [2.05, 4.69) is 70.5 Å². The Kier molecular flexibility index (Phi) is 9.73. The Morgan fingerprint density at radius 2 is 1.16 bits per heavy atom. The van der Waals surface area contributed by atoms with Crippen LogP contribution in [0, 0.1) is 0 Å². The average molecular weight is 473 g/mol. The monoisotopic (exact) mass is 472 g/mol. The number of hydrogen-bond donors (Lipinski definition) is 1. The molecule has 1 unspecified atom stereocenters. The van der Waals surface area contributed by atoms with Gasteiger partial charge < -0.3 is 5.11 Å². The summed E-state index contributed by atoms with van der Waals surface area (Å²) < 4.78 is 0. The zero-order chi connectivity index (χ0) is 20.9. The molecule has 1 fully saturated rings. The fourth-order valence-electron chi connectivity index (χ4n) is 4.30. The van der Waals surface area contributed by atoms with Gasteiger partial charge in [-0.1, -0.05) is 60.7 Å².